The highest BCUT2D eigenvalue weighted by Crippen LogP contribution is 2.27. The van der Waals surface area contributed by atoms with Crippen molar-refractivity contribution >= 4 is 5.91 Å². The first-order valence-corrected chi connectivity index (χ1v) is 10.4. The summed E-state index contributed by atoms with van der Waals surface area (Å²) in [5, 5.41) is 12.6. The van der Waals surface area contributed by atoms with Crippen molar-refractivity contribution in [1.29, 1.82) is 0 Å². The molecule has 7 nitrogen and oxygen atoms in total. The van der Waals surface area contributed by atoms with E-state index >= 15 is 0 Å². The zero-order chi connectivity index (χ0) is 21.3. The molecular weight excluding hydrogens is 385 g/mol. The molecule has 158 valence electrons. The Kier molecular flexibility index (Phi) is 5.65. The second-order valence-corrected chi connectivity index (χ2v) is 7.81. The van der Waals surface area contributed by atoms with Gasteiger partial charge in [0.1, 0.15) is 12.4 Å². The molecule has 0 aliphatic carbocycles. The number of aryl methyl sites for hydroxylation is 3. The monoisotopic (exact) mass is 411 g/mol. The second kappa shape index (κ2) is 8.38. The number of benzene rings is 1. The Morgan fingerprint density at radius 1 is 1.20 bits per heavy atom. The highest BCUT2D eigenvalue weighted by molar-refractivity contribution is 5.76. The molecule has 30 heavy (non-hydrogen) atoms. The van der Waals surface area contributed by atoms with Gasteiger partial charge in [-0.1, -0.05) is 6.92 Å². The smallest absolute Gasteiger partial charge is 0.244 e. The molecule has 8 heteroatoms. The van der Waals surface area contributed by atoms with Gasteiger partial charge in [-0.2, -0.15) is 5.10 Å². The number of aromatic nitrogens is 4. The van der Waals surface area contributed by atoms with Crippen LogP contribution in [0.25, 0.3) is 11.3 Å². The summed E-state index contributed by atoms with van der Waals surface area (Å²) in [6.45, 7) is 7.09. The average Bonchev–Trinajstić information content (AvgIpc) is 3.36. The van der Waals surface area contributed by atoms with Crippen molar-refractivity contribution in [3.05, 3.63) is 53.1 Å². The molecule has 0 radical (unpaired) electrons. The highest BCUT2D eigenvalue weighted by atomic mass is 19.1. The topological polar surface area (TPSA) is 77.1 Å². The van der Waals surface area contributed by atoms with Gasteiger partial charge < -0.3 is 9.32 Å². The van der Waals surface area contributed by atoms with Crippen LogP contribution in [0.4, 0.5) is 4.39 Å². The lowest BCUT2D eigenvalue weighted by atomic mass is 9.97. The molecule has 0 saturated carbocycles. The van der Waals surface area contributed by atoms with Crippen LogP contribution < -0.4 is 0 Å². The van der Waals surface area contributed by atoms with E-state index in [1.54, 1.807) is 30.7 Å². The van der Waals surface area contributed by atoms with Gasteiger partial charge in [-0.15, -0.1) is 10.2 Å². The number of piperidine rings is 1. The highest BCUT2D eigenvalue weighted by Gasteiger charge is 2.27. The molecule has 1 amide bonds. The zero-order valence-electron chi connectivity index (χ0n) is 17.6. The van der Waals surface area contributed by atoms with Crippen LogP contribution in [0.1, 0.15) is 48.7 Å². The van der Waals surface area contributed by atoms with E-state index in [1.807, 2.05) is 17.9 Å². The minimum absolute atomic E-state index is 0.0507. The summed E-state index contributed by atoms with van der Waals surface area (Å²) in [5.74, 6) is 1.26. The Morgan fingerprint density at radius 2 is 1.97 bits per heavy atom. The molecule has 0 atom stereocenters. The third-order valence-corrected chi connectivity index (χ3v) is 5.70. The quantitative estimate of drug-likeness (QED) is 0.640. The number of carbonyl (C=O) groups excluding carboxylic acids is 1. The summed E-state index contributed by atoms with van der Waals surface area (Å²) >= 11 is 0. The van der Waals surface area contributed by atoms with E-state index in [0.717, 1.165) is 36.2 Å². The standard InChI is InChI=1S/C22H26FN5O2/c1-4-18-12-20(17-5-6-19(23)14(2)11-17)26-28(18)13-21(29)27-9-7-16(8-10-27)22-25-24-15(3)30-22/h5-6,11-12,16H,4,7-10,13H2,1-3H3. The van der Waals surface area contributed by atoms with Gasteiger partial charge in [0.25, 0.3) is 0 Å². The van der Waals surface area contributed by atoms with Gasteiger partial charge in [0, 0.05) is 37.2 Å². The van der Waals surface area contributed by atoms with Crippen LogP contribution in [-0.2, 0) is 17.8 Å². The number of likely N-dealkylation sites (tertiary alicyclic amines) is 1. The van der Waals surface area contributed by atoms with E-state index in [-0.39, 0.29) is 24.2 Å². The summed E-state index contributed by atoms with van der Waals surface area (Å²) in [6, 6.07) is 6.94. The lowest BCUT2D eigenvalue weighted by Gasteiger charge is -2.30. The number of rotatable bonds is 5. The predicted octanol–water partition coefficient (Wildman–Crippen LogP) is 3.66. The van der Waals surface area contributed by atoms with E-state index in [2.05, 4.69) is 15.3 Å². The molecule has 0 bridgehead atoms. The second-order valence-electron chi connectivity index (χ2n) is 7.81. The summed E-state index contributed by atoms with van der Waals surface area (Å²) in [4.78, 5) is 14.8. The normalized spacial score (nSPS) is 15.0. The maximum absolute atomic E-state index is 13.6. The lowest BCUT2D eigenvalue weighted by molar-refractivity contribution is -0.133. The molecule has 3 aromatic rings. The molecule has 1 aliphatic rings. The lowest BCUT2D eigenvalue weighted by Crippen LogP contribution is -2.40. The van der Waals surface area contributed by atoms with Crippen LogP contribution in [-0.4, -0.2) is 43.9 Å². The average molecular weight is 411 g/mol. The third kappa shape index (κ3) is 4.13. The largest absolute Gasteiger partial charge is 0.425 e. The molecule has 2 aromatic heterocycles. The fourth-order valence-corrected chi connectivity index (χ4v) is 3.90. The van der Waals surface area contributed by atoms with Crippen LogP contribution in [0.5, 0.6) is 0 Å². The maximum atomic E-state index is 13.6. The summed E-state index contributed by atoms with van der Waals surface area (Å²) in [7, 11) is 0. The van der Waals surface area contributed by atoms with Gasteiger partial charge in [0.05, 0.1) is 5.69 Å². The van der Waals surface area contributed by atoms with Crippen molar-refractivity contribution < 1.29 is 13.6 Å². The molecular formula is C22H26FN5O2. The van der Waals surface area contributed by atoms with Crippen LogP contribution in [0.15, 0.2) is 28.7 Å². The Balaban J connectivity index is 1.43. The summed E-state index contributed by atoms with van der Waals surface area (Å²) < 4.78 is 20.9. The molecule has 3 heterocycles. The van der Waals surface area contributed by atoms with Crippen LogP contribution in [0.2, 0.25) is 0 Å². The van der Waals surface area contributed by atoms with Gasteiger partial charge in [0.2, 0.25) is 17.7 Å². The Bertz CT molecular complexity index is 1050. The van der Waals surface area contributed by atoms with Crippen molar-refractivity contribution in [3.8, 4) is 11.3 Å². The Hall–Kier alpha value is -3.03. The van der Waals surface area contributed by atoms with Gasteiger partial charge >= 0.3 is 0 Å². The third-order valence-electron chi connectivity index (χ3n) is 5.70. The van der Waals surface area contributed by atoms with Gasteiger partial charge in [0.15, 0.2) is 0 Å². The van der Waals surface area contributed by atoms with Gasteiger partial charge in [-0.3, -0.25) is 9.48 Å². The van der Waals surface area contributed by atoms with E-state index < -0.39 is 0 Å². The van der Waals surface area contributed by atoms with Crippen molar-refractivity contribution in [1.82, 2.24) is 24.9 Å². The predicted molar refractivity (Wildman–Crippen MR) is 109 cm³/mol. The zero-order valence-corrected chi connectivity index (χ0v) is 17.6. The Morgan fingerprint density at radius 3 is 2.60 bits per heavy atom. The van der Waals surface area contributed by atoms with Crippen LogP contribution in [0, 0.1) is 19.7 Å². The number of nitrogens with zero attached hydrogens (tertiary/aromatic N) is 5. The number of amides is 1. The fourth-order valence-electron chi connectivity index (χ4n) is 3.90. The Labute approximate surface area is 174 Å². The summed E-state index contributed by atoms with van der Waals surface area (Å²) in [6.07, 6.45) is 2.39. The molecule has 4 rings (SSSR count). The van der Waals surface area contributed by atoms with E-state index in [1.165, 1.54) is 6.07 Å². The van der Waals surface area contributed by atoms with E-state index in [4.69, 9.17) is 4.42 Å². The number of hydrogen-bond acceptors (Lipinski definition) is 5. The number of carbonyl (C=O) groups is 1. The van der Waals surface area contributed by atoms with Gasteiger partial charge in [-0.25, -0.2) is 4.39 Å². The van der Waals surface area contributed by atoms with Crippen LogP contribution in [0.3, 0.4) is 0 Å². The molecule has 1 aliphatic heterocycles. The molecule has 0 spiro atoms. The number of hydrogen-bond donors (Lipinski definition) is 0. The van der Waals surface area contributed by atoms with Crippen molar-refractivity contribution in [3.63, 3.8) is 0 Å². The van der Waals surface area contributed by atoms with Crippen molar-refractivity contribution in [2.45, 2.75) is 52.5 Å². The van der Waals surface area contributed by atoms with Crippen molar-refractivity contribution in [2.75, 3.05) is 13.1 Å². The minimum atomic E-state index is -0.233. The summed E-state index contributed by atoms with van der Waals surface area (Å²) in [5.41, 5.74) is 3.17. The first-order valence-electron chi connectivity index (χ1n) is 10.4. The maximum Gasteiger partial charge on any atom is 0.244 e. The molecule has 0 N–H and O–H groups in total. The molecule has 1 aromatic carbocycles. The van der Waals surface area contributed by atoms with Crippen molar-refractivity contribution in [2.24, 2.45) is 0 Å². The minimum Gasteiger partial charge on any atom is -0.425 e. The first-order chi connectivity index (χ1) is 14.4. The number of halogens is 1. The SMILES string of the molecule is CCc1cc(-c2ccc(F)c(C)c2)nn1CC(=O)N1CCC(c2nnc(C)o2)CC1. The van der Waals surface area contributed by atoms with Crippen LogP contribution >= 0.6 is 0 Å². The molecule has 1 fully saturated rings. The van der Waals surface area contributed by atoms with Gasteiger partial charge in [-0.05, 0) is 56.0 Å². The fraction of sp³-hybridized carbons (Fsp3) is 0.455. The van der Waals surface area contributed by atoms with E-state index in [0.29, 0.717) is 30.4 Å². The van der Waals surface area contributed by atoms with E-state index in [9.17, 15) is 9.18 Å². The molecule has 1 saturated heterocycles. The first kappa shape index (κ1) is 20.3. The molecule has 0 unspecified atom stereocenters.